The molecule has 0 saturated heterocycles. The molecule has 0 aromatic heterocycles. The van der Waals surface area contributed by atoms with E-state index in [9.17, 15) is 4.39 Å². The van der Waals surface area contributed by atoms with Gasteiger partial charge >= 0.3 is 0 Å². The monoisotopic (exact) mass is 280 g/mol. The first kappa shape index (κ1) is 16.5. The molecule has 20 heavy (non-hydrogen) atoms. The van der Waals surface area contributed by atoms with Crippen LogP contribution in [0.3, 0.4) is 0 Å². The largest absolute Gasteiger partial charge is 0.490 e. The standard InChI is InChI=1S/C16H21FO3/c1-13(2)7-9-19-10-11-20-16-12-15(17)6-5-14(16)4-3-8-18/h5-6,12-13,18H,7-11H2,1-2H3. The van der Waals surface area contributed by atoms with Crippen LogP contribution < -0.4 is 4.74 Å². The third kappa shape index (κ3) is 6.55. The topological polar surface area (TPSA) is 38.7 Å². The van der Waals surface area contributed by atoms with Crippen molar-refractivity contribution in [1.29, 1.82) is 0 Å². The number of hydrogen-bond donors (Lipinski definition) is 1. The summed E-state index contributed by atoms with van der Waals surface area (Å²) in [6.07, 6.45) is 1.01. The van der Waals surface area contributed by atoms with E-state index in [1.807, 2.05) is 0 Å². The third-order valence-corrected chi connectivity index (χ3v) is 2.57. The van der Waals surface area contributed by atoms with Crippen LogP contribution in [0.2, 0.25) is 0 Å². The highest BCUT2D eigenvalue weighted by molar-refractivity contribution is 5.46. The van der Waals surface area contributed by atoms with Crippen molar-refractivity contribution in [3.05, 3.63) is 29.6 Å². The maximum absolute atomic E-state index is 13.2. The molecule has 1 rings (SSSR count). The summed E-state index contributed by atoms with van der Waals surface area (Å²) in [4.78, 5) is 0. The zero-order chi connectivity index (χ0) is 14.8. The summed E-state index contributed by atoms with van der Waals surface area (Å²) in [5.74, 6) is 5.85. The molecule has 0 unspecified atom stereocenters. The molecule has 0 aliphatic heterocycles. The minimum atomic E-state index is -0.379. The Morgan fingerprint density at radius 3 is 2.75 bits per heavy atom. The Balaban J connectivity index is 2.44. The first-order chi connectivity index (χ1) is 9.63. The van der Waals surface area contributed by atoms with Crippen molar-refractivity contribution >= 4 is 0 Å². The van der Waals surface area contributed by atoms with Gasteiger partial charge in [-0.1, -0.05) is 25.7 Å². The van der Waals surface area contributed by atoms with Crippen molar-refractivity contribution in [2.75, 3.05) is 26.4 Å². The molecule has 0 spiro atoms. The summed E-state index contributed by atoms with van der Waals surface area (Å²) in [6, 6.07) is 4.13. The summed E-state index contributed by atoms with van der Waals surface area (Å²) in [6.45, 7) is 5.53. The van der Waals surface area contributed by atoms with E-state index in [2.05, 4.69) is 25.7 Å². The van der Waals surface area contributed by atoms with Crippen molar-refractivity contribution in [1.82, 2.24) is 0 Å². The van der Waals surface area contributed by atoms with Crippen molar-refractivity contribution in [2.24, 2.45) is 5.92 Å². The summed E-state index contributed by atoms with van der Waals surface area (Å²) < 4.78 is 24.1. The second-order valence-corrected chi connectivity index (χ2v) is 4.74. The lowest BCUT2D eigenvalue weighted by Crippen LogP contribution is -2.09. The minimum Gasteiger partial charge on any atom is -0.490 e. The zero-order valence-corrected chi connectivity index (χ0v) is 12.0. The number of halogens is 1. The van der Waals surface area contributed by atoms with Crippen molar-refractivity contribution in [2.45, 2.75) is 20.3 Å². The number of hydrogen-bond acceptors (Lipinski definition) is 3. The molecule has 0 atom stereocenters. The maximum atomic E-state index is 13.2. The molecule has 0 aliphatic carbocycles. The van der Waals surface area contributed by atoms with Gasteiger partial charge in [-0.15, -0.1) is 0 Å². The van der Waals surface area contributed by atoms with Crippen LogP contribution in [0.25, 0.3) is 0 Å². The molecule has 4 heteroatoms. The van der Waals surface area contributed by atoms with Gasteiger partial charge in [0.2, 0.25) is 0 Å². The van der Waals surface area contributed by atoms with E-state index in [0.717, 1.165) is 6.42 Å². The van der Waals surface area contributed by atoms with Crippen LogP contribution in [0, 0.1) is 23.6 Å². The first-order valence-electron chi connectivity index (χ1n) is 6.73. The summed E-state index contributed by atoms with van der Waals surface area (Å²) in [5.41, 5.74) is 0.558. The van der Waals surface area contributed by atoms with E-state index in [1.165, 1.54) is 18.2 Å². The van der Waals surface area contributed by atoms with Crippen LogP contribution in [0.5, 0.6) is 5.75 Å². The quantitative estimate of drug-likeness (QED) is 0.616. The number of aliphatic hydroxyl groups is 1. The molecule has 0 bridgehead atoms. The smallest absolute Gasteiger partial charge is 0.137 e. The van der Waals surface area contributed by atoms with Gasteiger partial charge in [0.25, 0.3) is 0 Å². The molecule has 0 saturated carbocycles. The Hall–Kier alpha value is -1.57. The Morgan fingerprint density at radius 1 is 1.25 bits per heavy atom. The molecular formula is C16H21FO3. The highest BCUT2D eigenvalue weighted by Crippen LogP contribution is 2.18. The number of ether oxygens (including phenoxy) is 2. The molecule has 1 aromatic rings. The molecule has 0 heterocycles. The molecule has 3 nitrogen and oxygen atoms in total. The van der Waals surface area contributed by atoms with Crippen LogP contribution in [0.1, 0.15) is 25.8 Å². The zero-order valence-electron chi connectivity index (χ0n) is 12.0. The Kier molecular flexibility index (Phi) is 7.71. The predicted octanol–water partition coefficient (Wildman–Crippen LogP) is 2.61. The van der Waals surface area contributed by atoms with Crippen LogP contribution in [-0.2, 0) is 4.74 Å². The fourth-order valence-corrected chi connectivity index (χ4v) is 1.49. The van der Waals surface area contributed by atoms with Gasteiger partial charge in [0.05, 0.1) is 12.2 Å². The average Bonchev–Trinajstić information content (AvgIpc) is 2.41. The normalized spacial score (nSPS) is 10.2. The second-order valence-electron chi connectivity index (χ2n) is 4.74. The Bertz CT molecular complexity index is 461. The lowest BCUT2D eigenvalue weighted by Gasteiger charge is -2.10. The highest BCUT2D eigenvalue weighted by atomic mass is 19.1. The Morgan fingerprint density at radius 2 is 2.05 bits per heavy atom. The van der Waals surface area contributed by atoms with E-state index in [-0.39, 0.29) is 12.4 Å². The molecule has 1 aromatic carbocycles. The predicted molar refractivity (Wildman–Crippen MR) is 76.1 cm³/mol. The third-order valence-electron chi connectivity index (χ3n) is 2.57. The molecule has 0 amide bonds. The maximum Gasteiger partial charge on any atom is 0.137 e. The molecule has 0 radical (unpaired) electrons. The molecule has 0 fully saturated rings. The molecule has 1 N–H and O–H groups in total. The second kappa shape index (κ2) is 9.35. The Labute approximate surface area is 119 Å². The fourth-order valence-electron chi connectivity index (χ4n) is 1.49. The molecule has 110 valence electrons. The number of aliphatic hydroxyl groups excluding tert-OH is 1. The summed E-state index contributed by atoms with van der Waals surface area (Å²) in [7, 11) is 0. The lowest BCUT2D eigenvalue weighted by molar-refractivity contribution is 0.0924. The van der Waals surface area contributed by atoms with Gasteiger partial charge < -0.3 is 14.6 Å². The van der Waals surface area contributed by atoms with Gasteiger partial charge in [-0.2, -0.15) is 0 Å². The van der Waals surface area contributed by atoms with Gasteiger partial charge in [-0.3, -0.25) is 0 Å². The fraction of sp³-hybridized carbons (Fsp3) is 0.500. The van der Waals surface area contributed by atoms with E-state index in [1.54, 1.807) is 0 Å². The summed E-state index contributed by atoms with van der Waals surface area (Å²) >= 11 is 0. The van der Waals surface area contributed by atoms with E-state index < -0.39 is 0 Å². The van der Waals surface area contributed by atoms with Crippen LogP contribution in [-0.4, -0.2) is 31.5 Å². The summed E-state index contributed by atoms with van der Waals surface area (Å²) in [5, 5.41) is 8.68. The van der Waals surface area contributed by atoms with E-state index in [4.69, 9.17) is 14.6 Å². The number of rotatable bonds is 7. The molecular weight excluding hydrogens is 259 g/mol. The number of benzene rings is 1. The average molecular weight is 280 g/mol. The van der Waals surface area contributed by atoms with Crippen LogP contribution in [0.15, 0.2) is 18.2 Å². The van der Waals surface area contributed by atoms with Crippen LogP contribution >= 0.6 is 0 Å². The van der Waals surface area contributed by atoms with E-state index in [0.29, 0.717) is 37.1 Å². The van der Waals surface area contributed by atoms with Crippen molar-refractivity contribution in [3.63, 3.8) is 0 Å². The van der Waals surface area contributed by atoms with E-state index >= 15 is 0 Å². The van der Waals surface area contributed by atoms with Crippen molar-refractivity contribution in [3.8, 4) is 17.6 Å². The molecule has 0 aliphatic rings. The van der Waals surface area contributed by atoms with Gasteiger partial charge in [0.1, 0.15) is 24.8 Å². The minimum absolute atomic E-state index is 0.241. The van der Waals surface area contributed by atoms with Gasteiger partial charge in [-0.25, -0.2) is 4.39 Å². The van der Waals surface area contributed by atoms with Crippen molar-refractivity contribution < 1.29 is 19.0 Å². The van der Waals surface area contributed by atoms with Gasteiger partial charge in [0.15, 0.2) is 0 Å². The highest BCUT2D eigenvalue weighted by Gasteiger charge is 2.03. The first-order valence-corrected chi connectivity index (χ1v) is 6.73. The van der Waals surface area contributed by atoms with Gasteiger partial charge in [-0.05, 0) is 24.5 Å². The van der Waals surface area contributed by atoms with Crippen LogP contribution in [0.4, 0.5) is 4.39 Å². The SMILES string of the molecule is CC(C)CCOCCOc1cc(F)ccc1C#CCO. The lowest BCUT2D eigenvalue weighted by atomic mass is 10.1. The van der Waals surface area contributed by atoms with Gasteiger partial charge in [0, 0.05) is 12.7 Å².